The number of nitrogens with one attached hydrogen (secondary N) is 1. The van der Waals surface area contributed by atoms with Crippen LogP contribution in [0.25, 0.3) is 6.08 Å². The fourth-order valence-corrected chi connectivity index (χ4v) is 1.83. The van der Waals surface area contributed by atoms with E-state index in [1.165, 1.54) is 6.08 Å². The summed E-state index contributed by atoms with van der Waals surface area (Å²) >= 11 is 0. The molecule has 21 heavy (non-hydrogen) atoms. The molecule has 0 spiro atoms. The Kier molecular flexibility index (Phi) is 5.28. The molecule has 0 radical (unpaired) electrons. The topological polar surface area (TPSA) is 107 Å². The molecule has 100 valence electrons. The van der Waals surface area contributed by atoms with Gasteiger partial charge in [0, 0.05) is 11.8 Å². The molecule has 0 aliphatic carbocycles. The van der Waals surface area contributed by atoms with E-state index in [-0.39, 0.29) is 11.3 Å². The largest absolute Gasteiger partial charge is 0.345 e. The fourth-order valence-electron chi connectivity index (χ4n) is 1.83. The summed E-state index contributed by atoms with van der Waals surface area (Å²) in [4.78, 5) is 0. The average Bonchev–Trinajstić information content (AvgIpc) is 2.47. The highest BCUT2D eigenvalue weighted by Crippen LogP contribution is 2.25. The van der Waals surface area contributed by atoms with Crippen molar-refractivity contribution in [3.05, 3.63) is 46.2 Å². The van der Waals surface area contributed by atoms with Crippen molar-refractivity contribution in [2.24, 2.45) is 0 Å². The molecule has 5 nitrogen and oxygen atoms in total. The minimum absolute atomic E-state index is 0.0773. The van der Waals surface area contributed by atoms with Gasteiger partial charge in [-0.1, -0.05) is 0 Å². The van der Waals surface area contributed by atoms with E-state index in [2.05, 4.69) is 5.32 Å². The first-order valence-corrected chi connectivity index (χ1v) is 5.96. The lowest BCUT2D eigenvalue weighted by Gasteiger charge is -2.13. The van der Waals surface area contributed by atoms with Gasteiger partial charge in [-0.15, -0.1) is 0 Å². The van der Waals surface area contributed by atoms with Gasteiger partial charge in [0.2, 0.25) is 0 Å². The van der Waals surface area contributed by atoms with Crippen molar-refractivity contribution in [2.45, 2.75) is 13.8 Å². The van der Waals surface area contributed by atoms with E-state index in [4.69, 9.17) is 21.0 Å². The number of rotatable bonds is 3. The standard InChI is InChI=1S/C16H11N5/c1-11-6-13(4-3-5-17)7-12(2)16(11)21-15(10-20)14(8-18)9-19/h3-4,6-7,21H,1-2H3. The molecule has 0 aliphatic heterocycles. The zero-order chi connectivity index (χ0) is 15.8. The van der Waals surface area contributed by atoms with Gasteiger partial charge < -0.3 is 5.32 Å². The van der Waals surface area contributed by atoms with E-state index < -0.39 is 0 Å². The predicted octanol–water partition coefficient (Wildman–Crippen LogP) is 3.08. The highest BCUT2D eigenvalue weighted by molar-refractivity contribution is 5.68. The van der Waals surface area contributed by atoms with Crippen molar-refractivity contribution in [2.75, 3.05) is 5.32 Å². The van der Waals surface area contributed by atoms with Gasteiger partial charge in [0.25, 0.3) is 0 Å². The molecule has 0 heterocycles. The Labute approximate surface area is 123 Å². The molecule has 0 atom stereocenters. The van der Waals surface area contributed by atoms with Gasteiger partial charge >= 0.3 is 0 Å². The first kappa shape index (κ1) is 15.5. The summed E-state index contributed by atoms with van der Waals surface area (Å²) in [6, 6.07) is 10.8. The van der Waals surface area contributed by atoms with Crippen molar-refractivity contribution in [3.8, 4) is 24.3 Å². The number of hydrogen-bond acceptors (Lipinski definition) is 5. The normalized spacial score (nSPS) is 9.05. The molecule has 0 saturated carbocycles. The van der Waals surface area contributed by atoms with E-state index >= 15 is 0 Å². The second-order valence-corrected chi connectivity index (χ2v) is 4.20. The molecule has 0 bridgehead atoms. The van der Waals surface area contributed by atoms with Crippen LogP contribution in [-0.2, 0) is 0 Å². The Bertz CT molecular complexity index is 747. The van der Waals surface area contributed by atoms with Crippen molar-refractivity contribution in [1.29, 1.82) is 21.0 Å². The maximum atomic E-state index is 9.05. The summed E-state index contributed by atoms with van der Waals surface area (Å²) in [7, 11) is 0. The van der Waals surface area contributed by atoms with E-state index in [0.717, 1.165) is 16.7 Å². The first-order valence-electron chi connectivity index (χ1n) is 5.96. The van der Waals surface area contributed by atoms with Crippen LogP contribution in [-0.4, -0.2) is 0 Å². The second kappa shape index (κ2) is 7.15. The van der Waals surface area contributed by atoms with Gasteiger partial charge in [0.15, 0.2) is 5.57 Å². The first-order chi connectivity index (χ1) is 10.1. The highest BCUT2D eigenvalue weighted by Gasteiger charge is 2.10. The fraction of sp³-hybridized carbons (Fsp3) is 0.125. The third-order valence-electron chi connectivity index (χ3n) is 2.74. The van der Waals surface area contributed by atoms with Gasteiger partial charge in [-0.2, -0.15) is 21.0 Å². The second-order valence-electron chi connectivity index (χ2n) is 4.20. The van der Waals surface area contributed by atoms with E-state index in [1.807, 2.05) is 38.1 Å². The SMILES string of the molecule is Cc1cc(C=CC#N)cc(C)c1NC(C#N)=C(C#N)C#N. The number of hydrogen-bond donors (Lipinski definition) is 1. The summed E-state index contributed by atoms with van der Waals surface area (Å²) in [5.74, 6) is 0. The molecular weight excluding hydrogens is 262 g/mol. The molecule has 0 fully saturated rings. The van der Waals surface area contributed by atoms with Crippen molar-refractivity contribution in [1.82, 2.24) is 0 Å². The van der Waals surface area contributed by atoms with Crippen LogP contribution in [0, 0.1) is 59.2 Å². The van der Waals surface area contributed by atoms with Crippen LogP contribution in [0.2, 0.25) is 0 Å². The zero-order valence-electron chi connectivity index (χ0n) is 11.6. The molecule has 0 aliphatic rings. The molecule has 0 aromatic heterocycles. The number of benzene rings is 1. The van der Waals surface area contributed by atoms with Crippen LogP contribution in [0.5, 0.6) is 0 Å². The predicted molar refractivity (Wildman–Crippen MR) is 78.1 cm³/mol. The molecule has 1 N–H and O–H groups in total. The molecule has 0 saturated heterocycles. The van der Waals surface area contributed by atoms with Crippen molar-refractivity contribution < 1.29 is 0 Å². The quantitative estimate of drug-likeness (QED) is 0.851. The average molecular weight is 273 g/mol. The molecule has 1 aromatic rings. The van der Waals surface area contributed by atoms with Gasteiger partial charge in [-0.25, -0.2) is 0 Å². The summed E-state index contributed by atoms with van der Waals surface area (Å²) in [6.07, 6.45) is 3.06. The van der Waals surface area contributed by atoms with Gasteiger partial charge in [0.1, 0.15) is 23.9 Å². The Morgan fingerprint density at radius 2 is 1.57 bits per heavy atom. The maximum absolute atomic E-state index is 9.05. The molecule has 0 unspecified atom stereocenters. The van der Waals surface area contributed by atoms with Crippen molar-refractivity contribution >= 4 is 11.8 Å². The third-order valence-corrected chi connectivity index (χ3v) is 2.74. The Hall–Kier alpha value is -3.54. The van der Waals surface area contributed by atoms with Crippen LogP contribution in [0.3, 0.4) is 0 Å². The van der Waals surface area contributed by atoms with Gasteiger partial charge in [-0.05, 0) is 48.7 Å². The summed E-state index contributed by atoms with van der Waals surface area (Å²) in [5, 5.41) is 38.1. The lowest BCUT2D eigenvalue weighted by molar-refractivity contribution is 1.31. The number of anilines is 1. The van der Waals surface area contributed by atoms with Crippen LogP contribution in [0.15, 0.2) is 29.5 Å². The van der Waals surface area contributed by atoms with E-state index in [1.54, 1.807) is 18.2 Å². The Morgan fingerprint density at radius 1 is 1.00 bits per heavy atom. The van der Waals surface area contributed by atoms with Gasteiger partial charge in [0.05, 0.1) is 6.07 Å². The van der Waals surface area contributed by atoms with E-state index in [9.17, 15) is 0 Å². The minimum Gasteiger partial charge on any atom is -0.345 e. The minimum atomic E-state index is -0.259. The summed E-state index contributed by atoms with van der Waals surface area (Å²) in [6.45, 7) is 3.68. The Balaban J connectivity index is 3.30. The molecule has 0 amide bonds. The lowest BCUT2D eigenvalue weighted by atomic mass is 10.0. The monoisotopic (exact) mass is 273 g/mol. The molecule has 5 heteroatoms. The molecule has 1 aromatic carbocycles. The van der Waals surface area contributed by atoms with Crippen LogP contribution in [0.1, 0.15) is 16.7 Å². The summed E-state index contributed by atoms with van der Waals surface area (Å²) < 4.78 is 0. The molecule has 1 rings (SSSR count). The highest BCUT2D eigenvalue weighted by atomic mass is 14.9. The van der Waals surface area contributed by atoms with Crippen molar-refractivity contribution in [3.63, 3.8) is 0 Å². The number of nitrogens with zero attached hydrogens (tertiary/aromatic N) is 4. The molecular formula is C16H11N5. The lowest BCUT2D eigenvalue weighted by Crippen LogP contribution is -2.04. The smallest absolute Gasteiger partial charge is 0.163 e. The number of allylic oxidation sites excluding steroid dienone is 3. The zero-order valence-corrected chi connectivity index (χ0v) is 11.6. The van der Waals surface area contributed by atoms with E-state index in [0.29, 0.717) is 5.69 Å². The summed E-state index contributed by atoms with van der Waals surface area (Å²) in [5.41, 5.74) is 2.88. The number of nitriles is 4. The number of aryl methyl sites for hydroxylation is 2. The van der Waals surface area contributed by atoms with Crippen LogP contribution < -0.4 is 5.32 Å². The Morgan fingerprint density at radius 3 is 2.00 bits per heavy atom. The van der Waals surface area contributed by atoms with Gasteiger partial charge in [-0.3, -0.25) is 0 Å². The third kappa shape index (κ3) is 3.71. The van der Waals surface area contributed by atoms with Crippen LogP contribution >= 0.6 is 0 Å². The maximum Gasteiger partial charge on any atom is 0.163 e. The van der Waals surface area contributed by atoms with Crippen LogP contribution in [0.4, 0.5) is 5.69 Å².